The average Bonchev–Trinajstić information content (AvgIpc) is 2.06. The Bertz CT molecular complexity index is 519. The molecule has 0 fully saturated rings. The Morgan fingerprint density at radius 3 is 2.71 bits per heavy atom. The molecule has 0 saturated heterocycles. The summed E-state index contributed by atoms with van der Waals surface area (Å²) in [6, 6.07) is 7.17. The molecule has 2 rings (SSSR count). The standard InChI is InChI=1S/C10H10N2O.ClH/c1-6-4-10(13)8-5-7(11)2-3-9(8)12-6;/h2-5H,11H2,1H3,(H,12,13);1H. The summed E-state index contributed by atoms with van der Waals surface area (Å²) in [6.07, 6.45) is 0. The minimum atomic E-state index is 0. The second kappa shape index (κ2) is 3.82. The molecule has 2 aromatic rings. The summed E-state index contributed by atoms with van der Waals surface area (Å²) in [5.41, 5.74) is 6.45. The van der Waals surface area contributed by atoms with Crippen molar-refractivity contribution < 1.29 is 18.1 Å². The van der Waals surface area contributed by atoms with Crippen LogP contribution in [0.5, 0.6) is 0 Å². The van der Waals surface area contributed by atoms with E-state index in [0.29, 0.717) is 5.39 Å². The van der Waals surface area contributed by atoms with Gasteiger partial charge in [0.25, 0.3) is 0 Å². The van der Waals surface area contributed by atoms with Crippen molar-refractivity contribution in [1.82, 2.24) is 4.98 Å². The lowest BCUT2D eigenvalue weighted by molar-refractivity contribution is -0.254. The van der Waals surface area contributed by atoms with E-state index in [1.54, 1.807) is 12.1 Å². The first-order valence-corrected chi connectivity index (χ1v) is 4.12. The van der Waals surface area contributed by atoms with Gasteiger partial charge in [0.2, 0.25) is 0 Å². The summed E-state index contributed by atoms with van der Waals surface area (Å²) in [6.45, 7) is 1.87. The third-order valence-electron chi connectivity index (χ3n) is 2.03. The van der Waals surface area contributed by atoms with Crippen LogP contribution in [0.25, 0.3) is 10.9 Å². The van der Waals surface area contributed by atoms with Crippen molar-refractivity contribution in [1.29, 1.82) is 0 Å². The first-order chi connectivity index (χ1) is 6.16. The Kier molecular flexibility index (Phi) is 2.93. The number of quaternary nitrogens is 1. The van der Waals surface area contributed by atoms with Crippen LogP contribution in [0.2, 0.25) is 0 Å². The maximum absolute atomic E-state index is 11.5. The van der Waals surface area contributed by atoms with E-state index in [2.05, 4.69) is 10.7 Å². The summed E-state index contributed by atoms with van der Waals surface area (Å²) in [5.74, 6) is 0. The zero-order valence-electron chi connectivity index (χ0n) is 7.80. The molecular weight excluding hydrogens is 200 g/mol. The van der Waals surface area contributed by atoms with Gasteiger partial charge >= 0.3 is 0 Å². The van der Waals surface area contributed by atoms with Crippen molar-refractivity contribution in [3.63, 3.8) is 0 Å². The van der Waals surface area contributed by atoms with Crippen molar-refractivity contribution in [2.45, 2.75) is 6.92 Å². The van der Waals surface area contributed by atoms with E-state index in [9.17, 15) is 4.79 Å². The van der Waals surface area contributed by atoms with E-state index in [0.717, 1.165) is 16.9 Å². The van der Waals surface area contributed by atoms with Crippen molar-refractivity contribution >= 4 is 16.6 Å². The Morgan fingerprint density at radius 1 is 1.29 bits per heavy atom. The summed E-state index contributed by atoms with van der Waals surface area (Å²) in [5, 5.41) is 0.707. The van der Waals surface area contributed by atoms with Crippen molar-refractivity contribution in [3.8, 4) is 0 Å². The number of rotatable bonds is 0. The fourth-order valence-corrected chi connectivity index (χ4v) is 1.43. The van der Waals surface area contributed by atoms with E-state index < -0.39 is 0 Å². The summed E-state index contributed by atoms with van der Waals surface area (Å²) >= 11 is 0. The number of hydrogen-bond donors (Lipinski definition) is 2. The van der Waals surface area contributed by atoms with Gasteiger partial charge in [-0.05, 0) is 13.0 Å². The molecule has 3 nitrogen and oxygen atoms in total. The fourth-order valence-electron chi connectivity index (χ4n) is 1.43. The van der Waals surface area contributed by atoms with E-state index in [4.69, 9.17) is 0 Å². The van der Waals surface area contributed by atoms with Gasteiger partial charge in [0, 0.05) is 29.4 Å². The topological polar surface area (TPSA) is 60.5 Å². The van der Waals surface area contributed by atoms with Crippen LogP contribution in [0.4, 0.5) is 5.69 Å². The van der Waals surface area contributed by atoms with Gasteiger partial charge in [0.1, 0.15) is 5.69 Å². The first-order valence-electron chi connectivity index (χ1n) is 4.12. The Balaban J connectivity index is 0.000000980. The van der Waals surface area contributed by atoms with Crippen molar-refractivity contribution in [2.24, 2.45) is 0 Å². The van der Waals surface area contributed by atoms with Crippen LogP contribution in [0, 0.1) is 6.92 Å². The van der Waals surface area contributed by atoms with Crippen LogP contribution in [0.3, 0.4) is 0 Å². The molecule has 4 N–H and O–H groups in total. The zero-order valence-corrected chi connectivity index (χ0v) is 8.56. The van der Waals surface area contributed by atoms with Gasteiger partial charge in [-0.15, -0.1) is 0 Å². The maximum Gasteiger partial charge on any atom is 0.189 e. The van der Waals surface area contributed by atoms with Gasteiger partial charge in [0.05, 0.1) is 5.39 Å². The number of fused-ring (bicyclic) bond motifs is 1. The van der Waals surface area contributed by atoms with Crippen LogP contribution in [0.15, 0.2) is 29.1 Å². The predicted octanol–water partition coefficient (Wildman–Crippen LogP) is -2.29. The molecule has 0 saturated carbocycles. The third-order valence-corrected chi connectivity index (χ3v) is 2.03. The molecule has 0 bridgehead atoms. The lowest BCUT2D eigenvalue weighted by atomic mass is 10.2. The summed E-state index contributed by atoms with van der Waals surface area (Å²) < 4.78 is 0. The quantitative estimate of drug-likeness (QED) is 0.506. The molecule has 4 heteroatoms. The molecule has 1 aromatic heterocycles. The molecule has 0 amide bonds. The molecule has 0 unspecified atom stereocenters. The highest BCUT2D eigenvalue weighted by molar-refractivity contribution is 5.80. The third kappa shape index (κ3) is 1.78. The molecule has 1 heterocycles. The molecule has 74 valence electrons. The predicted molar refractivity (Wildman–Crippen MR) is 51.9 cm³/mol. The van der Waals surface area contributed by atoms with Crippen LogP contribution >= 0.6 is 0 Å². The first kappa shape index (κ1) is 10.8. The number of aromatic amines is 1. The van der Waals surface area contributed by atoms with Gasteiger partial charge in [-0.1, -0.05) is 0 Å². The highest BCUT2D eigenvalue weighted by Gasteiger charge is 2.00. The van der Waals surface area contributed by atoms with Crippen molar-refractivity contribution in [2.75, 3.05) is 0 Å². The highest BCUT2D eigenvalue weighted by Crippen LogP contribution is 2.10. The minimum Gasteiger partial charge on any atom is -1.00 e. The van der Waals surface area contributed by atoms with Gasteiger partial charge in [-0.3, -0.25) is 4.79 Å². The summed E-state index contributed by atoms with van der Waals surface area (Å²) in [7, 11) is 0. The van der Waals surface area contributed by atoms with Crippen LogP contribution in [0.1, 0.15) is 5.69 Å². The molecule has 0 atom stereocenters. The number of pyridine rings is 1. The normalized spacial score (nSPS) is 9.86. The van der Waals surface area contributed by atoms with Gasteiger partial charge < -0.3 is 23.1 Å². The largest absolute Gasteiger partial charge is 1.00 e. The average molecular weight is 211 g/mol. The number of halogens is 1. The van der Waals surface area contributed by atoms with E-state index in [1.807, 2.05) is 19.1 Å². The smallest absolute Gasteiger partial charge is 0.189 e. The Labute approximate surface area is 87.4 Å². The number of H-pyrrole nitrogens is 1. The van der Waals surface area contributed by atoms with Gasteiger partial charge in [-0.2, -0.15) is 0 Å². The SMILES string of the molecule is Cc1cc(=O)c2cc([NH3+])ccc2[nH]1.[Cl-]. The molecule has 1 aromatic carbocycles. The lowest BCUT2D eigenvalue weighted by Gasteiger charge is -1.98. The van der Waals surface area contributed by atoms with Crippen LogP contribution in [-0.2, 0) is 0 Å². The second-order valence-corrected chi connectivity index (χ2v) is 3.20. The van der Waals surface area contributed by atoms with Gasteiger partial charge in [0.15, 0.2) is 5.43 Å². The number of aromatic nitrogens is 1. The fraction of sp³-hybridized carbons (Fsp3) is 0.100. The molecular formula is C10H11ClN2O. The van der Waals surface area contributed by atoms with Crippen LogP contribution in [-0.4, -0.2) is 4.98 Å². The Hall–Kier alpha value is -1.32. The zero-order chi connectivity index (χ0) is 9.42. The summed E-state index contributed by atoms with van der Waals surface area (Å²) in [4.78, 5) is 14.6. The lowest BCUT2D eigenvalue weighted by Crippen LogP contribution is -3.00. The molecule has 0 aliphatic heterocycles. The monoisotopic (exact) mass is 210 g/mol. The second-order valence-electron chi connectivity index (χ2n) is 3.20. The number of hydrogen-bond acceptors (Lipinski definition) is 1. The van der Waals surface area contributed by atoms with E-state index in [1.165, 1.54) is 0 Å². The maximum atomic E-state index is 11.5. The van der Waals surface area contributed by atoms with Gasteiger partial charge in [-0.25, -0.2) is 0 Å². The van der Waals surface area contributed by atoms with E-state index in [-0.39, 0.29) is 17.8 Å². The number of aryl methyl sites for hydroxylation is 1. The molecule has 0 aliphatic carbocycles. The van der Waals surface area contributed by atoms with E-state index >= 15 is 0 Å². The molecule has 0 aliphatic rings. The number of nitrogens with one attached hydrogen (secondary N) is 1. The van der Waals surface area contributed by atoms with Crippen LogP contribution < -0.4 is 23.6 Å². The van der Waals surface area contributed by atoms with Crippen molar-refractivity contribution in [3.05, 3.63) is 40.2 Å². The molecule has 14 heavy (non-hydrogen) atoms. The molecule has 0 spiro atoms. The minimum absolute atomic E-state index is 0. The number of benzene rings is 1. The highest BCUT2D eigenvalue weighted by atomic mass is 35.5. The molecule has 0 radical (unpaired) electrons. The Morgan fingerprint density at radius 2 is 2.00 bits per heavy atom.